The molecule has 1 unspecified atom stereocenters. The first-order valence-electron chi connectivity index (χ1n) is 5.86. The van der Waals surface area contributed by atoms with Crippen molar-refractivity contribution in [3.8, 4) is 0 Å². The molecular formula is C12H17ClFNO3S. The Bertz CT molecular complexity index is 534. The zero-order valence-corrected chi connectivity index (χ0v) is 12.3. The van der Waals surface area contributed by atoms with E-state index in [1.54, 1.807) is 0 Å². The summed E-state index contributed by atoms with van der Waals surface area (Å²) < 4.78 is 40.3. The number of nitrogens with one attached hydrogen (secondary N) is 1. The lowest BCUT2D eigenvalue weighted by molar-refractivity contribution is 0.256. The highest BCUT2D eigenvalue weighted by Crippen LogP contribution is 2.22. The van der Waals surface area contributed by atoms with Gasteiger partial charge in [-0.05, 0) is 24.5 Å². The summed E-state index contributed by atoms with van der Waals surface area (Å²) in [5, 5.41) is 8.68. The van der Waals surface area contributed by atoms with Crippen LogP contribution in [0, 0.1) is 11.7 Å². The van der Waals surface area contributed by atoms with Crippen LogP contribution in [-0.4, -0.2) is 26.2 Å². The molecule has 0 aromatic heterocycles. The summed E-state index contributed by atoms with van der Waals surface area (Å²) in [6.45, 7) is 3.48. The van der Waals surface area contributed by atoms with Crippen LogP contribution >= 0.6 is 11.6 Å². The van der Waals surface area contributed by atoms with Crippen LogP contribution in [0.25, 0.3) is 0 Å². The smallest absolute Gasteiger partial charge is 0.243 e. The van der Waals surface area contributed by atoms with Gasteiger partial charge in [-0.25, -0.2) is 17.5 Å². The van der Waals surface area contributed by atoms with Crippen LogP contribution < -0.4 is 4.72 Å². The molecule has 1 aromatic carbocycles. The van der Waals surface area contributed by atoms with Crippen molar-refractivity contribution in [1.82, 2.24) is 4.72 Å². The van der Waals surface area contributed by atoms with Gasteiger partial charge in [0.05, 0.1) is 5.02 Å². The summed E-state index contributed by atoms with van der Waals surface area (Å²) in [5.41, 5.74) is 0. The van der Waals surface area contributed by atoms with Crippen molar-refractivity contribution < 1.29 is 17.9 Å². The molecule has 4 nitrogen and oxygen atoms in total. The van der Waals surface area contributed by atoms with E-state index in [1.165, 1.54) is 12.1 Å². The topological polar surface area (TPSA) is 66.4 Å². The molecule has 7 heteroatoms. The van der Waals surface area contributed by atoms with E-state index in [2.05, 4.69) is 4.72 Å². The van der Waals surface area contributed by atoms with Gasteiger partial charge >= 0.3 is 0 Å². The summed E-state index contributed by atoms with van der Waals surface area (Å²) in [5.74, 6) is -0.993. The highest BCUT2D eigenvalue weighted by molar-refractivity contribution is 7.89. The van der Waals surface area contributed by atoms with Crippen LogP contribution in [0.15, 0.2) is 23.1 Å². The third-order valence-corrected chi connectivity index (χ3v) is 4.56. The van der Waals surface area contributed by atoms with Crippen LogP contribution in [0.5, 0.6) is 0 Å². The number of aliphatic hydroxyl groups excluding tert-OH is 1. The van der Waals surface area contributed by atoms with Crippen LogP contribution in [-0.2, 0) is 10.0 Å². The molecule has 0 fully saturated rings. The fourth-order valence-corrected chi connectivity index (χ4v) is 3.37. The fraction of sp³-hybridized carbons (Fsp3) is 0.500. The molecular weight excluding hydrogens is 293 g/mol. The largest absolute Gasteiger partial charge is 0.396 e. The standard InChI is InChI=1S/C12H17ClFNO3S/c1-8(2)10(6-7-16)15-19(17,18)11-5-3-4-9(13)12(11)14/h3-5,8,10,15-16H,6-7H2,1-2H3. The predicted molar refractivity (Wildman–Crippen MR) is 72.1 cm³/mol. The molecule has 1 atom stereocenters. The Morgan fingerprint density at radius 3 is 2.58 bits per heavy atom. The molecule has 108 valence electrons. The molecule has 0 radical (unpaired) electrons. The second-order valence-corrected chi connectivity index (χ2v) is 6.63. The molecule has 0 amide bonds. The Labute approximate surface area is 117 Å². The molecule has 2 N–H and O–H groups in total. The molecule has 0 spiro atoms. The van der Waals surface area contributed by atoms with E-state index >= 15 is 0 Å². The van der Waals surface area contributed by atoms with E-state index in [4.69, 9.17) is 16.7 Å². The molecule has 0 heterocycles. The van der Waals surface area contributed by atoms with E-state index in [1.807, 2.05) is 13.8 Å². The van der Waals surface area contributed by atoms with E-state index in [0.717, 1.165) is 6.07 Å². The Morgan fingerprint density at radius 2 is 2.05 bits per heavy atom. The van der Waals surface area contributed by atoms with Gasteiger partial charge in [0.2, 0.25) is 10.0 Å². The molecule has 0 aliphatic rings. The maximum absolute atomic E-state index is 13.7. The van der Waals surface area contributed by atoms with Gasteiger partial charge in [0, 0.05) is 12.6 Å². The average molecular weight is 310 g/mol. The molecule has 0 saturated carbocycles. The number of aliphatic hydroxyl groups is 1. The van der Waals surface area contributed by atoms with Gasteiger partial charge in [0.15, 0.2) is 5.82 Å². The average Bonchev–Trinajstić information content (AvgIpc) is 2.31. The third kappa shape index (κ3) is 4.14. The normalized spacial score (nSPS) is 13.8. The lowest BCUT2D eigenvalue weighted by atomic mass is 10.0. The Morgan fingerprint density at radius 1 is 1.42 bits per heavy atom. The highest BCUT2D eigenvalue weighted by Gasteiger charge is 2.25. The van der Waals surface area contributed by atoms with Crippen molar-refractivity contribution in [3.05, 3.63) is 29.0 Å². The Kier molecular flexibility index (Phi) is 5.73. The van der Waals surface area contributed by atoms with Crippen LogP contribution in [0.2, 0.25) is 5.02 Å². The van der Waals surface area contributed by atoms with E-state index in [-0.39, 0.29) is 24.0 Å². The monoisotopic (exact) mass is 309 g/mol. The minimum atomic E-state index is -4.00. The van der Waals surface area contributed by atoms with Gasteiger partial charge in [0.25, 0.3) is 0 Å². The van der Waals surface area contributed by atoms with Crippen molar-refractivity contribution >= 4 is 21.6 Å². The lowest BCUT2D eigenvalue weighted by Gasteiger charge is -2.21. The van der Waals surface area contributed by atoms with E-state index < -0.39 is 26.8 Å². The minimum absolute atomic E-state index is 0.0239. The molecule has 1 rings (SSSR count). The van der Waals surface area contributed by atoms with Crippen LogP contribution in [0.3, 0.4) is 0 Å². The molecule has 19 heavy (non-hydrogen) atoms. The van der Waals surface area contributed by atoms with Gasteiger partial charge in [-0.15, -0.1) is 0 Å². The Balaban J connectivity index is 3.07. The van der Waals surface area contributed by atoms with Crippen LogP contribution in [0.1, 0.15) is 20.3 Å². The number of hydrogen-bond donors (Lipinski definition) is 2. The molecule has 0 aliphatic heterocycles. The maximum Gasteiger partial charge on any atom is 0.243 e. The fourth-order valence-electron chi connectivity index (χ4n) is 1.62. The number of hydrogen-bond acceptors (Lipinski definition) is 3. The zero-order valence-electron chi connectivity index (χ0n) is 10.7. The minimum Gasteiger partial charge on any atom is -0.396 e. The number of sulfonamides is 1. The van der Waals surface area contributed by atoms with Crippen molar-refractivity contribution in [2.45, 2.75) is 31.2 Å². The Hall–Kier alpha value is -0.690. The lowest BCUT2D eigenvalue weighted by Crippen LogP contribution is -2.39. The van der Waals surface area contributed by atoms with Gasteiger partial charge in [-0.2, -0.15) is 0 Å². The van der Waals surface area contributed by atoms with Crippen molar-refractivity contribution in [3.63, 3.8) is 0 Å². The van der Waals surface area contributed by atoms with Crippen molar-refractivity contribution in [2.24, 2.45) is 5.92 Å². The first-order valence-corrected chi connectivity index (χ1v) is 7.73. The molecule has 0 saturated heterocycles. The maximum atomic E-state index is 13.7. The summed E-state index contributed by atoms with van der Waals surface area (Å²) in [7, 11) is -4.00. The third-order valence-electron chi connectivity index (χ3n) is 2.76. The number of benzene rings is 1. The van der Waals surface area contributed by atoms with Gasteiger partial charge in [0.1, 0.15) is 4.90 Å². The molecule has 0 bridgehead atoms. The van der Waals surface area contributed by atoms with Gasteiger partial charge in [-0.1, -0.05) is 31.5 Å². The number of halogens is 2. The summed E-state index contributed by atoms with van der Waals surface area (Å²) in [6.07, 6.45) is 0.263. The number of rotatable bonds is 6. The molecule has 1 aromatic rings. The summed E-state index contributed by atoms with van der Waals surface area (Å²) in [4.78, 5) is -0.483. The predicted octanol–water partition coefficient (Wildman–Crippen LogP) is 2.16. The van der Waals surface area contributed by atoms with Gasteiger partial charge in [-0.3, -0.25) is 0 Å². The highest BCUT2D eigenvalue weighted by atomic mass is 35.5. The molecule has 0 aliphatic carbocycles. The van der Waals surface area contributed by atoms with Crippen LogP contribution in [0.4, 0.5) is 4.39 Å². The summed E-state index contributed by atoms with van der Waals surface area (Å²) in [6, 6.07) is 3.34. The SMILES string of the molecule is CC(C)C(CCO)NS(=O)(=O)c1cccc(Cl)c1F. The van der Waals surface area contributed by atoms with Gasteiger partial charge < -0.3 is 5.11 Å². The second kappa shape index (κ2) is 6.65. The first-order chi connectivity index (χ1) is 8.79. The summed E-state index contributed by atoms with van der Waals surface area (Å²) >= 11 is 5.57. The van der Waals surface area contributed by atoms with Crippen molar-refractivity contribution in [2.75, 3.05) is 6.61 Å². The quantitative estimate of drug-likeness (QED) is 0.846. The van der Waals surface area contributed by atoms with E-state index in [9.17, 15) is 12.8 Å². The van der Waals surface area contributed by atoms with E-state index in [0.29, 0.717) is 0 Å². The van der Waals surface area contributed by atoms with Crippen molar-refractivity contribution in [1.29, 1.82) is 0 Å². The first kappa shape index (κ1) is 16.4. The zero-order chi connectivity index (χ0) is 14.6. The second-order valence-electron chi connectivity index (χ2n) is 4.54.